The third-order valence-corrected chi connectivity index (χ3v) is 4.16. The third kappa shape index (κ3) is 4.82. The molecule has 138 valence electrons. The van der Waals surface area contributed by atoms with Crippen molar-refractivity contribution in [1.82, 2.24) is 10.3 Å². The number of nitrogens with zero attached hydrogens (tertiary/aromatic N) is 1. The Bertz CT molecular complexity index is 957. The topological polar surface area (TPSA) is 88.5 Å². The molecule has 0 aliphatic heterocycles. The highest BCUT2D eigenvalue weighted by molar-refractivity contribution is 5.85. The number of carboxylic acid groups (broad SMARTS) is 1. The van der Waals surface area contributed by atoms with Crippen molar-refractivity contribution in [3.63, 3.8) is 0 Å². The van der Waals surface area contributed by atoms with E-state index in [2.05, 4.69) is 10.3 Å². The van der Waals surface area contributed by atoms with E-state index < -0.39 is 18.1 Å². The fourth-order valence-corrected chi connectivity index (χ4v) is 2.89. The van der Waals surface area contributed by atoms with Gasteiger partial charge in [-0.3, -0.25) is 4.98 Å². The predicted octanol–water partition coefficient (Wildman–Crippen LogP) is 3.47. The van der Waals surface area contributed by atoms with Crippen molar-refractivity contribution >= 4 is 23.0 Å². The van der Waals surface area contributed by atoms with Crippen molar-refractivity contribution in [2.45, 2.75) is 26.0 Å². The fraction of sp³-hybridized carbons (Fsp3) is 0.190. The smallest absolute Gasteiger partial charge is 0.408 e. The number of alkyl carbamates (subject to hydrolysis) is 1. The molecule has 2 aromatic carbocycles. The van der Waals surface area contributed by atoms with E-state index in [0.29, 0.717) is 0 Å². The summed E-state index contributed by atoms with van der Waals surface area (Å²) in [5.41, 5.74) is 3.23. The lowest BCUT2D eigenvalue weighted by Gasteiger charge is -2.16. The molecule has 0 unspecified atom stereocenters. The van der Waals surface area contributed by atoms with Gasteiger partial charge >= 0.3 is 12.1 Å². The SMILES string of the molecule is Cc1cc(C[C@H](NC(=O)OCc2ccccc2)C(=O)O)c2ccccc2n1. The van der Waals surface area contributed by atoms with E-state index in [9.17, 15) is 14.7 Å². The number of pyridine rings is 1. The molecule has 0 saturated heterocycles. The molecule has 1 atom stereocenters. The number of aromatic nitrogens is 1. The van der Waals surface area contributed by atoms with Crippen molar-refractivity contribution in [3.8, 4) is 0 Å². The summed E-state index contributed by atoms with van der Waals surface area (Å²) in [5.74, 6) is -1.12. The van der Waals surface area contributed by atoms with Crippen LogP contribution in [-0.2, 0) is 22.6 Å². The minimum Gasteiger partial charge on any atom is -0.480 e. The van der Waals surface area contributed by atoms with Gasteiger partial charge in [0.25, 0.3) is 0 Å². The van der Waals surface area contributed by atoms with Crippen LogP contribution < -0.4 is 5.32 Å². The highest BCUT2D eigenvalue weighted by Gasteiger charge is 2.22. The van der Waals surface area contributed by atoms with Gasteiger partial charge in [-0.1, -0.05) is 48.5 Å². The first-order chi connectivity index (χ1) is 13.0. The molecule has 1 heterocycles. The molecular weight excluding hydrogens is 344 g/mol. The zero-order valence-electron chi connectivity index (χ0n) is 14.9. The number of rotatable bonds is 6. The van der Waals surface area contributed by atoms with Gasteiger partial charge in [-0.05, 0) is 30.2 Å². The van der Waals surface area contributed by atoms with Crippen LogP contribution in [-0.4, -0.2) is 28.2 Å². The normalized spacial score (nSPS) is 11.7. The van der Waals surface area contributed by atoms with E-state index in [1.54, 1.807) is 0 Å². The van der Waals surface area contributed by atoms with Crippen LogP contribution in [0.3, 0.4) is 0 Å². The molecule has 3 aromatic rings. The molecule has 2 N–H and O–H groups in total. The standard InChI is InChI=1S/C21H20N2O4/c1-14-11-16(17-9-5-6-10-18(17)22-14)12-19(20(24)25)23-21(26)27-13-15-7-3-2-4-8-15/h2-11,19H,12-13H2,1H3,(H,23,26)(H,24,25)/t19-/m0/s1. The van der Waals surface area contributed by atoms with Gasteiger partial charge in [-0.15, -0.1) is 0 Å². The molecule has 0 fully saturated rings. The van der Waals surface area contributed by atoms with E-state index in [4.69, 9.17) is 4.74 Å². The molecule has 27 heavy (non-hydrogen) atoms. The molecular formula is C21H20N2O4. The van der Waals surface area contributed by atoms with Crippen LogP contribution in [0.1, 0.15) is 16.8 Å². The van der Waals surface area contributed by atoms with Gasteiger partial charge < -0.3 is 15.2 Å². The Morgan fingerprint density at radius 3 is 2.56 bits per heavy atom. The van der Waals surface area contributed by atoms with E-state index in [0.717, 1.165) is 27.7 Å². The first-order valence-electron chi connectivity index (χ1n) is 8.58. The minimum atomic E-state index is -1.12. The molecule has 0 radical (unpaired) electrons. The van der Waals surface area contributed by atoms with Crippen LogP contribution in [0.5, 0.6) is 0 Å². The van der Waals surface area contributed by atoms with Gasteiger partial charge in [0.2, 0.25) is 0 Å². The quantitative estimate of drug-likeness (QED) is 0.699. The Morgan fingerprint density at radius 2 is 1.81 bits per heavy atom. The molecule has 6 nitrogen and oxygen atoms in total. The average Bonchev–Trinajstić information content (AvgIpc) is 2.66. The van der Waals surface area contributed by atoms with Gasteiger partial charge in [0, 0.05) is 17.5 Å². The number of aryl methyl sites for hydroxylation is 1. The Balaban J connectivity index is 1.71. The highest BCUT2D eigenvalue weighted by atomic mass is 16.5. The minimum absolute atomic E-state index is 0.0797. The monoisotopic (exact) mass is 364 g/mol. The number of ether oxygens (including phenoxy) is 1. The molecule has 1 aromatic heterocycles. The predicted molar refractivity (Wildman–Crippen MR) is 101 cm³/mol. The average molecular weight is 364 g/mol. The number of hydrogen-bond donors (Lipinski definition) is 2. The maximum atomic E-state index is 12.0. The Morgan fingerprint density at radius 1 is 1.11 bits per heavy atom. The summed E-state index contributed by atoms with van der Waals surface area (Å²) < 4.78 is 5.13. The van der Waals surface area contributed by atoms with E-state index in [1.807, 2.05) is 67.6 Å². The second-order valence-corrected chi connectivity index (χ2v) is 6.24. The van der Waals surface area contributed by atoms with Gasteiger partial charge in [0.1, 0.15) is 12.6 Å². The molecule has 0 saturated carbocycles. The Kier molecular flexibility index (Phi) is 5.66. The molecule has 0 bridgehead atoms. The Labute approximate surface area is 156 Å². The van der Waals surface area contributed by atoms with Gasteiger partial charge in [0.15, 0.2) is 0 Å². The molecule has 0 aliphatic rings. The van der Waals surface area contributed by atoms with Crippen LogP contribution in [0.25, 0.3) is 10.9 Å². The summed E-state index contributed by atoms with van der Waals surface area (Å²) >= 11 is 0. The summed E-state index contributed by atoms with van der Waals surface area (Å²) in [4.78, 5) is 28.1. The highest BCUT2D eigenvalue weighted by Crippen LogP contribution is 2.19. The van der Waals surface area contributed by atoms with Crippen molar-refractivity contribution in [3.05, 3.63) is 77.5 Å². The number of aliphatic carboxylic acids is 1. The van der Waals surface area contributed by atoms with Crippen molar-refractivity contribution in [2.75, 3.05) is 0 Å². The molecule has 0 aliphatic carbocycles. The van der Waals surface area contributed by atoms with Gasteiger partial charge in [0.05, 0.1) is 5.52 Å². The number of benzene rings is 2. The third-order valence-electron chi connectivity index (χ3n) is 4.16. The number of carbonyl (C=O) groups is 2. The van der Waals surface area contributed by atoms with Gasteiger partial charge in [-0.2, -0.15) is 0 Å². The Hall–Kier alpha value is -3.41. The number of para-hydroxylation sites is 1. The lowest BCUT2D eigenvalue weighted by atomic mass is 10.0. The number of nitrogens with one attached hydrogen (secondary N) is 1. The summed E-state index contributed by atoms with van der Waals surface area (Å²) in [7, 11) is 0. The molecule has 0 spiro atoms. The number of amides is 1. The van der Waals surface area contributed by atoms with Crippen LogP contribution in [0.4, 0.5) is 4.79 Å². The largest absolute Gasteiger partial charge is 0.480 e. The summed E-state index contributed by atoms with van der Waals surface area (Å²) in [6.45, 7) is 1.93. The van der Waals surface area contributed by atoms with E-state index in [-0.39, 0.29) is 13.0 Å². The maximum absolute atomic E-state index is 12.0. The second-order valence-electron chi connectivity index (χ2n) is 6.24. The first-order valence-corrected chi connectivity index (χ1v) is 8.58. The van der Waals surface area contributed by atoms with Crippen molar-refractivity contribution in [1.29, 1.82) is 0 Å². The number of carbonyl (C=O) groups excluding carboxylic acids is 1. The van der Waals surface area contributed by atoms with Crippen molar-refractivity contribution < 1.29 is 19.4 Å². The van der Waals surface area contributed by atoms with Crippen LogP contribution in [0.15, 0.2) is 60.7 Å². The molecule has 6 heteroatoms. The van der Waals surface area contributed by atoms with Crippen molar-refractivity contribution in [2.24, 2.45) is 0 Å². The number of carboxylic acids is 1. The maximum Gasteiger partial charge on any atom is 0.408 e. The number of fused-ring (bicyclic) bond motifs is 1. The van der Waals surface area contributed by atoms with E-state index in [1.165, 1.54) is 0 Å². The van der Waals surface area contributed by atoms with Crippen LogP contribution in [0.2, 0.25) is 0 Å². The molecule has 1 amide bonds. The molecule has 3 rings (SSSR count). The van der Waals surface area contributed by atoms with E-state index >= 15 is 0 Å². The second kappa shape index (κ2) is 8.31. The lowest BCUT2D eigenvalue weighted by Crippen LogP contribution is -2.42. The zero-order valence-corrected chi connectivity index (χ0v) is 14.9. The van der Waals surface area contributed by atoms with Gasteiger partial charge in [-0.25, -0.2) is 9.59 Å². The fourth-order valence-electron chi connectivity index (χ4n) is 2.89. The number of hydrogen-bond acceptors (Lipinski definition) is 4. The zero-order chi connectivity index (χ0) is 19.2. The van der Waals surface area contributed by atoms with Crippen LogP contribution >= 0.6 is 0 Å². The summed E-state index contributed by atoms with van der Waals surface area (Å²) in [6, 6.07) is 17.5. The lowest BCUT2D eigenvalue weighted by molar-refractivity contribution is -0.139. The van der Waals surface area contributed by atoms with Crippen LogP contribution in [0, 0.1) is 6.92 Å². The first kappa shape index (κ1) is 18.4. The summed E-state index contributed by atoms with van der Waals surface area (Å²) in [6.07, 6.45) is -0.624. The summed E-state index contributed by atoms with van der Waals surface area (Å²) in [5, 5.41) is 12.8.